The van der Waals surface area contributed by atoms with E-state index in [1.165, 1.54) is 0 Å². The van der Waals surface area contributed by atoms with Crippen molar-refractivity contribution >= 4 is 11.9 Å². The molecule has 0 aromatic rings. The van der Waals surface area contributed by atoms with Gasteiger partial charge in [0.25, 0.3) is 0 Å². The number of aliphatic hydroxyl groups is 1. The third-order valence-electron chi connectivity index (χ3n) is 4.84. The van der Waals surface area contributed by atoms with E-state index in [-0.39, 0.29) is 30.4 Å². The molecule has 0 aromatic heterocycles. The van der Waals surface area contributed by atoms with Crippen molar-refractivity contribution in [1.29, 1.82) is 0 Å². The molecule has 6 nitrogen and oxygen atoms in total. The molecular formula is C19H22O6. The maximum Gasteiger partial charge on any atom is 0.334 e. The number of rotatable bonds is 2. The van der Waals surface area contributed by atoms with Crippen molar-refractivity contribution in [2.24, 2.45) is 5.92 Å². The molecule has 2 unspecified atom stereocenters. The first-order valence-corrected chi connectivity index (χ1v) is 8.12. The molecule has 3 aliphatic rings. The number of carbonyl (C=O) groups is 2. The van der Waals surface area contributed by atoms with Gasteiger partial charge in [-0.1, -0.05) is 31.9 Å². The molecule has 0 saturated carbocycles. The van der Waals surface area contributed by atoms with Crippen LogP contribution in [0.2, 0.25) is 0 Å². The van der Waals surface area contributed by atoms with Crippen LogP contribution in [0.25, 0.3) is 0 Å². The average Bonchev–Trinajstić information content (AvgIpc) is 2.95. The van der Waals surface area contributed by atoms with Crippen molar-refractivity contribution in [3.8, 4) is 0 Å². The lowest BCUT2D eigenvalue weighted by Crippen LogP contribution is -2.40. The van der Waals surface area contributed by atoms with Crippen LogP contribution in [-0.4, -0.2) is 41.1 Å². The molecule has 1 N–H and O–H groups in total. The highest BCUT2D eigenvalue weighted by molar-refractivity contribution is 5.91. The molecule has 3 rings (SSSR count). The van der Waals surface area contributed by atoms with Gasteiger partial charge in [0.2, 0.25) is 0 Å². The maximum atomic E-state index is 12.1. The van der Waals surface area contributed by atoms with Gasteiger partial charge < -0.3 is 19.3 Å². The zero-order valence-corrected chi connectivity index (χ0v) is 14.2. The summed E-state index contributed by atoms with van der Waals surface area (Å²) in [7, 11) is 0. The molecular weight excluding hydrogens is 324 g/mol. The first-order valence-electron chi connectivity index (χ1n) is 8.12. The largest absolute Gasteiger partial charge is 0.458 e. The second kappa shape index (κ2) is 5.97. The van der Waals surface area contributed by atoms with Crippen LogP contribution >= 0.6 is 0 Å². The van der Waals surface area contributed by atoms with Crippen LogP contribution in [0.15, 0.2) is 48.6 Å². The highest BCUT2D eigenvalue weighted by Gasteiger charge is 2.55. The number of carbonyl (C=O) groups excluding carboxylic acids is 2. The summed E-state index contributed by atoms with van der Waals surface area (Å²) < 4.78 is 16.8. The Morgan fingerprint density at radius 3 is 2.64 bits per heavy atom. The lowest BCUT2D eigenvalue weighted by molar-refractivity contribution is -0.209. The van der Waals surface area contributed by atoms with Crippen LogP contribution in [0.3, 0.4) is 0 Å². The molecule has 0 amide bonds. The second-order valence-electron chi connectivity index (χ2n) is 7.10. The lowest BCUT2D eigenvalue weighted by atomic mass is 9.82. The summed E-state index contributed by atoms with van der Waals surface area (Å²) >= 11 is 0. The normalized spacial score (nSPS) is 37.7. The molecule has 3 aliphatic heterocycles. The van der Waals surface area contributed by atoms with E-state index in [1.807, 2.05) is 0 Å². The molecule has 0 aromatic carbocycles. The van der Waals surface area contributed by atoms with Crippen molar-refractivity contribution in [2.75, 3.05) is 0 Å². The van der Waals surface area contributed by atoms with Crippen molar-refractivity contribution in [3.63, 3.8) is 0 Å². The van der Waals surface area contributed by atoms with Crippen LogP contribution in [0.5, 0.6) is 0 Å². The predicted molar refractivity (Wildman–Crippen MR) is 89.2 cm³/mol. The van der Waals surface area contributed by atoms with Crippen LogP contribution in [-0.2, 0) is 23.8 Å². The zero-order valence-electron chi connectivity index (χ0n) is 14.2. The molecule has 5 atom stereocenters. The first kappa shape index (κ1) is 17.6. The van der Waals surface area contributed by atoms with Crippen molar-refractivity contribution < 1.29 is 28.9 Å². The molecule has 0 spiro atoms. The fraction of sp³-hybridized carbons (Fsp3) is 0.474. The van der Waals surface area contributed by atoms with Gasteiger partial charge in [0, 0.05) is 30.4 Å². The van der Waals surface area contributed by atoms with E-state index in [9.17, 15) is 14.7 Å². The molecule has 3 saturated heterocycles. The maximum absolute atomic E-state index is 12.1. The summed E-state index contributed by atoms with van der Waals surface area (Å²) in [5.74, 6) is -3.17. The summed E-state index contributed by atoms with van der Waals surface area (Å²) in [5, 5.41) is 10.7. The zero-order chi connectivity index (χ0) is 18.5. The molecule has 2 bridgehead atoms. The summed E-state index contributed by atoms with van der Waals surface area (Å²) in [6.45, 7) is 16.9. The Morgan fingerprint density at radius 2 is 2.00 bits per heavy atom. The van der Waals surface area contributed by atoms with Gasteiger partial charge in [-0.3, -0.25) is 0 Å². The van der Waals surface area contributed by atoms with Gasteiger partial charge in [-0.2, -0.15) is 0 Å². The second-order valence-corrected chi connectivity index (χ2v) is 7.10. The van der Waals surface area contributed by atoms with E-state index in [2.05, 4.69) is 26.3 Å². The number of fused-ring (bicyclic) bond motifs is 4. The monoisotopic (exact) mass is 346 g/mol. The SMILES string of the molecule is C=C1C[C@@H](OC(=O)C(=C)C)[C@H]2C(=C)C(=O)OC2C2O[C@](O)(C1)CC2=C. The fourth-order valence-electron chi connectivity index (χ4n) is 3.74. The Morgan fingerprint density at radius 1 is 1.32 bits per heavy atom. The minimum absolute atomic E-state index is 0.184. The molecule has 134 valence electrons. The van der Waals surface area contributed by atoms with Gasteiger partial charge in [-0.15, -0.1) is 0 Å². The minimum atomic E-state index is -1.44. The van der Waals surface area contributed by atoms with E-state index in [0.717, 1.165) is 0 Å². The van der Waals surface area contributed by atoms with Gasteiger partial charge in [-0.25, -0.2) is 9.59 Å². The Kier molecular flexibility index (Phi) is 4.21. The van der Waals surface area contributed by atoms with Crippen LogP contribution in [0.4, 0.5) is 0 Å². The fourth-order valence-corrected chi connectivity index (χ4v) is 3.74. The first-order chi connectivity index (χ1) is 11.6. The standard InChI is InChI=1S/C19H22O6/c1-9(2)17(20)23-13-6-10(3)7-19(22)8-11(4)15(25-19)16-14(13)12(5)18(21)24-16/h13-16,22H,1,3-8H2,2H3/t13-,14-,15?,16?,19-/m1/s1. The third kappa shape index (κ3) is 3.07. The highest BCUT2D eigenvalue weighted by Crippen LogP contribution is 2.47. The smallest absolute Gasteiger partial charge is 0.334 e. The van der Waals surface area contributed by atoms with Gasteiger partial charge in [-0.05, 0) is 12.5 Å². The van der Waals surface area contributed by atoms with E-state index < -0.39 is 42.0 Å². The van der Waals surface area contributed by atoms with Crippen molar-refractivity contribution in [2.45, 2.75) is 50.3 Å². The van der Waals surface area contributed by atoms with E-state index >= 15 is 0 Å². The molecule has 3 heterocycles. The van der Waals surface area contributed by atoms with Gasteiger partial charge >= 0.3 is 11.9 Å². The van der Waals surface area contributed by atoms with Crippen LogP contribution in [0.1, 0.15) is 26.2 Å². The van der Waals surface area contributed by atoms with Gasteiger partial charge in [0.05, 0.1) is 5.92 Å². The van der Waals surface area contributed by atoms with E-state index in [4.69, 9.17) is 14.2 Å². The minimum Gasteiger partial charge on any atom is -0.458 e. The number of esters is 2. The average molecular weight is 346 g/mol. The highest BCUT2D eigenvalue weighted by atomic mass is 16.7. The van der Waals surface area contributed by atoms with Crippen LogP contribution < -0.4 is 0 Å². The Balaban J connectivity index is 2.01. The van der Waals surface area contributed by atoms with Crippen molar-refractivity contribution in [3.05, 3.63) is 48.6 Å². The lowest BCUT2D eigenvalue weighted by Gasteiger charge is -2.29. The van der Waals surface area contributed by atoms with E-state index in [1.54, 1.807) is 6.92 Å². The third-order valence-corrected chi connectivity index (χ3v) is 4.84. The quantitative estimate of drug-likeness (QED) is 0.468. The number of hydrogen-bond donors (Lipinski definition) is 1. The summed E-state index contributed by atoms with van der Waals surface area (Å²) in [6.07, 6.45) is -1.46. The summed E-state index contributed by atoms with van der Waals surface area (Å²) in [5.41, 5.74) is 1.73. The Hall–Kier alpha value is -2.18. The summed E-state index contributed by atoms with van der Waals surface area (Å²) in [4.78, 5) is 24.2. The Labute approximate surface area is 146 Å². The number of ether oxygens (including phenoxy) is 3. The Bertz CT molecular complexity index is 705. The molecule has 0 aliphatic carbocycles. The molecule has 25 heavy (non-hydrogen) atoms. The van der Waals surface area contributed by atoms with Gasteiger partial charge in [0.1, 0.15) is 18.3 Å². The topological polar surface area (TPSA) is 82.1 Å². The molecule has 6 heteroatoms. The van der Waals surface area contributed by atoms with Crippen LogP contribution in [0, 0.1) is 5.92 Å². The number of hydrogen-bond acceptors (Lipinski definition) is 6. The predicted octanol–water partition coefficient (Wildman–Crippen LogP) is 1.96. The van der Waals surface area contributed by atoms with E-state index in [0.29, 0.717) is 11.1 Å². The summed E-state index contributed by atoms with van der Waals surface area (Å²) in [6, 6.07) is 0. The van der Waals surface area contributed by atoms with Crippen molar-refractivity contribution in [1.82, 2.24) is 0 Å². The molecule has 3 fully saturated rings. The molecule has 0 radical (unpaired) electrons. The van der Waals surface area contributed by atoms with Gasteiger partial charge in [0.15, 0.2) is 5.79 Å².